The lowest BCUT2D eigenvalue weighted by atomic mass is 10.1. The van der Waals surface area contributed by atoms with Gasteiger partial charge in [-0.1, -0.05) is 24.3 Å². The maximum Gasteiger partial charge on any atom is 0.130 e. The molecule has 1 aromatic carbocycles. The van der Waals surface area contributed by atoms with Gasteiger partial charge in [0.15, 0.2) is 0 Å². The molecule has 0 fully saturated rings. The molecule has 1 N–H and O–H groups in total. The van der Waals surface area contributed by atoms with Crippen molar-refractivity contribution in [2.45, 2.75) is 20.0 Å². The van der Waals surface area contributed by atoms with E-state index in [-0.39, 0.29) is 6.61 Å². The lowest BCUT2D eigenvalue weighted by Crippen LogP contribution is -2.03. The Labute approximate surface area is 107 Å². The molecule has 0 radical (unpaired) electrons. The summed E-state index contributed by atoms with van der Waals surface area (Å²) >= 11 is 0. The van der Waals surface area contributed by atoms with Gasteiger partial charge in [-0.15, -0.1) is 0 Å². The average molecular weight is 243 g/mol. The van der Waals surface area contributed by atoms with Crippen LogP contribution in [0.4, 0.5) is 0 Å². The zero-order chi connectivity index (χ0) is 12.8. The second kappa shape index (κ2) is 6.17. The fourth-order valence-electron chi connectivity index (χ4n) is 1.79. The van der Waals surface area contributed by atoms with Crippen LogP contribution in [-0.2, 0) is 13.0 Å². The van der Waals surface area contributed by atoms with E-state index in [1.54, 1.807) is 6.20 Å². The van der Waals surface area contributed by atoms with Crippen molar-refractivity contribution in [2.24, 2.45) is 0 Å². The van der Waals surface area contributed by atoms with Crippen molar-refractivity contribution in [3.05, 3.63) is 59.4 Å². The number of pyridine rings is 1. The van der Waals surface area contributed by atoms with Crippen LogP contribution in [0.2, 0.25) is 0 Å². The minimum absolute atomic E-state index is 0.128. The smallest absolute Gasteiger partial charge is 0.130 e. The van der Waals surface area contributed by atoms with Gasteiger partial charge in [0, 0.05) is 12.8 Å². The molecule has 2 aromatic rings. The molecule has 94 valence electrons. The molecule has 3 heteroatoms. The summed E-state index contributed by atoms with van der Waals surface area (Å²) in [5, 5.41) is 9.01. The van der Waals surface area contributed by atoms with Crippen LogP contribution in [0.15, 0.2) is 42.6 Å². The number of aryl methyl sites for hydroxylation is 1. The third-order valence-electron chi connectivity index (χ3n) is 2.84. The van der Waals surface area contributed by atoms with Crippen molar-refractivity contribution in [3.63, 3.8) is 0 Å². The number of hydrogen-bond donors (Lipinski definition) is 1. The van der Waals surface area contributed by atoms with Crippen LogP contribution in [0.1, 0.15) is 16.8 Å². The molecule has 1 heterocycles. The van der Waals surface area contributed by atoms with Gasteiger partial charge >= 0.3 is 0 Å². The number of aliphatic hydroxyl groups is 1. The fraction of sp³-hybridized carbons (Fsp3) is 0.267. The molecule has 0 bridgehead atoms. The van der Waals surface area contributed by atoms with Gasteiger partial charge in [0.25, 0.3) is 0 Å². The quantitative estimate of drug-likeness (QED) is 0.877. The Balaban J connectivity index is 2.08. The number of para-hydroxylation sites is 1. The largest absolute Gasteiger partial charge is 0.487 e. The Morgan fingerprint density at radius 1 is 1.17 bits per heavy atom. The first kappa shape index (κ1) is 12.6. The molecule has 0 saturated heterocycles. The lowest BCUT2D eigenvalue weighted by Gasteiger charge is -2.11. The lowest BCUT2D eigenvalue weighted by molar-refractivity contribution is 0.281. The fourth-order valence-corrected chi connectivity index (χ4v) is 1.79. The summed E-state index contributed by atoms with van der Waals surface area (Å²) in [4.78, 5) is 4.29. The van der Waals surface area contributed by atoms with E-state index in [2.05, 4.69) is 4.98 Å². The number of aliphatic hydroxyl groups excluding tert-OH is 1. The predicted molar refractivity (Wildman–Crippen MR) is 70.5 cm³/mol. The average Bonchev–Trinajstić information content (AvgIpc) is 2.40. The van der Waals surface area contributed by atoms with Crippen LogP contribution >= 0.6 is 0 Å². The van der Waals surface area contributed by atoms with Crippen molar-refractivity contribution in [1.29, 1.82) is 0 Å². The molecule has 0 aliphatic heterocycles. The summed E-state index contributed by atoms with van der Waals surface area (Å²) in [5.74, 6) is 0.816. The number of aromatic nitrogens is 1. The van der Waals surface area contributed by atoms with Gasteiger partial charge in [0.2, 0.25) is 0 Å². The SMILES string of the molecule is Cc1cccnc1COc1ccccc1CCO. The first-order chi connectivity index (χ1) is 8.81. The zero-order valence-electron chi connectivity index (χ0n) is 10.5. The van der Waals surface area contributed by atoms with Gasteiger partial charge in [-0.25, -0.2) is 0 Å². The molecular weight excluding hydrogens is 226 g/mol. The van der Waals surface area contributed by atoms with Gasteiger partial charge in [0.1, 0.15) is 12.4 Å². The number of nitrogens with zero attached hydrogens (tertiary/aromatic N) is 1. The maximum atomic E-state index is 9.01. The van der Waals surface area contributed by atoms with E-state index in [9.17, 15) is 0 Å². The molecule has 0 saturated carbocycles. The molecule has 0 amide bonds. The van der Waals surface area contributed by atoms with E-state index in [0.717, 1.165) is 22.6 Å². The standard InChI is InChI=1S/C15H17NO2/c1-12-5-4-9-16-14(12)11-18-15-7-3-2-6-13(15)8-10-17/h2-7,9,17H,8,10-11H2,1H3. The molecule has 0 spiro atoms. The van der Waals surface area contributed by atoms with Crippen molar-refractivity contribution >= 4 is 0 Å². The Hall–Kier alpha value is -1.87. The number of rotatable bonds is 5. The van der Waals surface area contributed by atoms with Gasteiger partial charge in [-0.2, -0.15) is 0 Å². The van der Waals surface area contributed by atoms with Gasteiger partial charge < -0.3 is 9.84 Å². The molecule has 0 unspecified atom stereocenters. The second-order valence-electron chi connectivity index (χ2n) is 4.14. The van der Waals surface area contributed by atoms with E-state index in [4.69, 9.17) is 9.84 Å². The molecule has 1 aromatic heterocycles. The Morgan fingerprint density at radius 3 is 2.78 bits per heavy atom. The van der Waals surface area contributed by atoms with Crippen molar-refractivity contribution < 1.29 is 9.84 Å². The van der Waals surface area contributed by atoms with E-state index in [0.29, 0.717) is 13.0 Å². The highest BCUT2D eigenvalue weighted by Crippen LogP contribution is 2.19. The second-order valence-corrected chi connectivity index (χ2v) is 4.14. The summed E-state index contributed by atoms with van der Waals surface area (Å²) in [5.41, 5.74) is 3.09. The first-order valence-electron chi connectivity index (χ1n) is 6.03. The monoisotopic (exact) mass is 243 g/mol. The van der Waals surface area contributed by atoms with E-state index < -0.39 is 0 Å². The van der Waals surface area contributed by atoms with Gasteiger partial charge in [0.05, 0.1) is 5.69 Å². The summed E-state index contributed by atoms with van der Waals surface area (Å²) in [6, 6.07) is 11.7. The Kier molecular flexibility index (Phi) is 4.31. The molecule has 0 aliphatic carbocycles. The van der Waals surface area contributed by atoms with E-state index in [1.807, 2.05) is 43.3 Å². The van der Waals surface area contributed by atoms with Gasteiger partial charge in [-0.05, 0) is 36.6 Å². The molecule has 0 aliphatic rings. The van der Waals surface area contributed by atoms with Crippen LogP contribution in [0, 0.1) is 6.92 Å². The van der Waals surface area contributed by atoms with Crippen molar-refractivity contribution in [3.8, 4) is 5.75 Å². The highest BCUT2D eigenvalue weighted by molar-refractivity contribution is 5.33. The van der Waals surface area contributed by atoms with Crippen LogP contribution < -0.4 is 4.74 Å². The highest BCUT2D eigenvalue weighted by Gasteiger charge is 2.04. The number of ether oxygens (including phenoxy) is 1. The third-order valence-corrected chi connectivity index (χ3v) is 2.84. The van der Waals surface area contributed by atoms with E-state index >= 15 is 0 Å². The van der Waals surface area contributed by atoms with Crippen molar-refractivity contribution in [2.75, 3.05) is 6.61 Å². The Morgan fingerprint density at radius 2 is 2.00 bits per heavy atom. The molecular formula is C15H17NO2. The predicted octanol–water partition coefficient (Wildman–Crippen LogP) is 2.50. The van der Waals surface area contributed by atoms with Crippen molar-refractivity contribution in [1.82, 2.24) is 4.98 Å². The number of benzene rings is 1. The topological polar surface area (TPSA) is 42.4 Å². The third kappa shape index (κ3) is 3.08. The van der Waals surface area contributed by atoms with E-state index in [1.165, 1.54) is 0 Å². The molecule has 18 heavy (non-hydrogen) atoms. The molecule has 3 nitrogen and oxygen atoms in total. The Bertz CT molecular complexity index is 511. The zero-order valence-corrected chi connectivity index (χ0v) is 10.5. The normalized spacial score (nSPS) is 10.3. The van der Waals surface area contributed by atoms with Crippen LogP contribution in [0.25, 0.3) is 0 Å². The first-order valence-corrected chi connectivity index (χ1v) is 6.03. The molecule has 2 rings (SSSR count). The molecule has 0 atom stereocenters. The number of hydrogen-bond acceptors (Lipinski definition) is 3. The summed E-state index contributed by atoms with van der Waals surface area (Å²) in [7, 11) is 0. The highest BCUT2D eigenvalue weighted by atomic mass is 16.5. The van der Waals surface area contributed by atoms with Crippen LogP contribution in [0.5, 0.6) is 5.75 Å². The summed E-state index contributed by atoms with van der Waals surface area (Å²) in [6.07, 6.45) is 2.38. The van der Waals surface area contributed by atoms with Crippen LogP contribution in [-0.4, -0.2) is 16.7 Å². The van der Waals surface area contributed by atoms with Gasteiger partial charge in [-0.3, -0.25) is 4.98 Å². The maximum absolute atomic E-state index is 9.01. The van der Waals surface area contributed by atoms with Crippen LogP contribution in [0.3, 0.4) is 0 Å². The minimum atomic E-state index is 0.128. The summed E-state index contributed by atoms with van der Waals surface area (Å²) < 4.78 is 5.78. The minimum Gasteiger partial charge on any atom is -0.487 e. The summed E-state index contributed by atoms with van der Waals surface area (Å²) in [6.45, 7) is 2.60.